The average Bonchev–Trinajstić information content (AvgIpc) is 3.49. The zero-order valence-corrected chi connectivity index (χ0v) is 32.1. The Balaban J connectivity index is 1.10. The molecule has 0 amide bonds. The minimum Gasteiger partial charge on any atom is -0.310 e. The van der Waals surface area contributed by atoms with Crippen LogP contribution >= 0.6 is 0 Å². The highest BCUT2D eigenvalue weighted by Crippen LogP contribution is 2.53. The second kappa shape index (κ2) is 14.0. The molecule has 1 unspecified atom stereocenters. The van der Waals surface area contributed by atoms with Gasteiger partial charge in [0, 0.05) is 28.3 Å². The Hall–Kier alpha value is -6.44. The Morgan fingerprint density at radius 2 is 1.14 bits per heavy atom. The number of aryl methyl sites for hydroxylation is 1. The van der Waals surface area contributed by atoms with E-state index in [1.54, 1.807) is 0 Å². The van der Waals surface area contributed by atoms with E-state index in [-0.39, 0.29) is 5.41 Å². The molecular formula is C55H45N. The van der Waals surface area contributed by atoms with Crippen LogP contribution in [-0.2, 0) is 11.8 Å². The lowest BCUT2D eigenvalue weighted by atomic mass is 9.77. The van der Waals surface area contributed by atoms with Crippen LogP contribution < -0.4 is 4.90 Å². The first-order valence-corrected chi connectivity index (χ1v) is 20.1. The number of fused-ring (bicyclic) bond motifs is 4. The number of anilines is 3. The molecule has 0 radical (unpaired) electrons. The Morgan fingerprint density at radius 1 is 0.518 bits per heavy atom. The molecule has 1 nitrogen and oxygen atoms in total. The molecule has 0 aliphatic heterocycles. The fraction of sp³-hybridized carbons (Fsp3) is 0.127. The predicted octanol–water partition coefficient (Wildman–Crippen LogP) is 14.5. The molecule has 3 aliphatic rings. The largest absolute Gasteiger partial charge is 0.310 e. The van der Waals surface area contributed by atoms with Crippen molar-refractivity contribution in [1.29, 1.82) is 0 Å². The van der Waals surface area contributed by atoms with Crippen LogP contribution in [-0.4, -0.2) is 0 Å². The van der Waals surface area contributed by atoms with Crippen LogP contribution in [0.15, 0.2) is 200 Å². The second-order valence-electron chi connectivity index (χ2n) is 15.9. The molecule has 0 spiro atoms. The summed E-state index contributed by atoms with van der Waals surface area (Å²) in [7, 11) is 0. The summed E-state index contributed by atoms with van der Waals surface area (Å²) < 4.78 is 0. The van der Waals surface area contributed by atoms with Gasteiger partial charge >= 0.3 is 0 Å². The Morgan fingerprint density at radius 3 is 1.95 bits per heavy atom. The maximum absolute atomic E-state index is 2.56. The first-order valence-electron chi connectivity index (χ1n) is 20.1. The Labute approximate surface area is 331 Å². The number of rotatable bonds is 7. The molecule has 0 saturated heterocycles. The Kier molecular flexibility index (Phi) is 8.52. The van der Waals surface area contributed by atoms with E-state index in [9.17, 15) is 0 Å². The van der Waals surface area contributed by atoms with E-state index in [0.717, 1.165) is 24.9 Å². The number of allylic oxidation sites excluding steroid dienone is 5. The fourth-order valence-corrected chi connectivity index (χ4v) is 9.57. The quantitative estimate of drug-likeness (QED) is 0.159. The van der Waals surface area contributed by atoms with Crippen molar-refractivity contribution < 1.29 is 0 Å². The standard InChI is InChI=1S/C55H45N/c1-55(2)51-26-13-11-24-47(51)48-34-33-43(37-52(48)55)42-19-15-22-45(36-42)56(44-20-7-4-8-21-44)53-27-14-12-25-49(53)50-35-32-40-18-9-10-23-46(40)54(50)41-30-28-39(29-31-41)38-16-5-3-6-17-38/h3-31,34,36-37,43H,32-33,35H2,1-2H3. The molecule has 56 heavy (non-hydrogen) atoms. The summed E-state index contributed by atoms with van der Waals surface area (Å²) in [5.74, 6) is 0.304. The number of nitrogens with zero attached hydrogens (tertiary/aromatic N) is 1. The van der Waals surface area contributed by atoms with Crippen molar-refractivity contribution in [2.75, 3.05) is 4.90 Å². The van der Waals surface area contributed by atoms with Gasteiger partial charge in [-0.05, 0) is 116 Å². The van der Waals surface area contributed by atoms with Crippen molar-refractivity contribution in [3.05, 3.63) is 239 Å². The summed E-state index contributed by atoms with van der Waals surface area (Å²) >= 11 is 0. The maximum Gasteiger partial charge on any atom is 0.0536 e. The molecule has 7 aromatic carbocycles. The molecule has 0 bridgehead atoms. The fourth-order valence-electron chi connectivity index (χ4n) is 9.57. The minimum atomic E-state index is -0.0143. The highest BCUT2D eigenvalue weighted by Gasteiger charge is 2.39. The van der Waals surface area contributed by atoms with Gasteiger partial charge in [-0.15, -0.1) is 0 Å². The molecule has 0 N–H and O–H groups in total. The van der Waals surface area contributed by atoms with Gasteiger partial charge < -0.3 is 4.90 Å². The van der Waals surface area contributed by atoms with Crippen molar-refractivity contribution in [2.24, 2.45) is 0 Å². The van der Waals surface area contributed by atoms with Gasteiger partial charge in [0.1, 0.15) is 0 Å². The first-order chi connectivity index (χ1) is 27.5. The topological polar surface area (TPSA) is 3.24 Å². The van der Waals surface area contributed by atoms with Gasteiger partial charge in [-0.2, -0.15) is 0 Å². The number of benzene rings is 7. The lowest BCUT2D eigenvalue weighted by molar-refractivity contribution is 0.648. The molecule has 0 aromatic heterocycles. The van der Waals surface area contributed by atoms with E-state index < -0.39 is 0 Å². The van der Waals surface area contributed by atoms with E-state index >= 15 is 0 Å². The van der Waals surface area contributed by atoms with Crippen LogP contribution in [0.1, 0.15) is 71.6 Å². The number of para-hydroxylation sites is 2. The van der Waals surface area contributed by atoms with Crippen LogP contribution in [0.4, 0.5) is 17.1 Å². The van der Waals surface area contributed by atoms with Crippen LogP contribution in [0.25, 0.3) is 27.8 Å². The molecule has 10 rings (SSSR count). The van der Waals surface area contributed by atoms with E-state index in [4.69, 9.17) is 0 Å². The van der Waals surface area contributed by atoms with Gasteiger partial charge in [0.2, 0.25) is 0 Å². The van der Waals surface area contributed by atoms with Gasteiger partial charge in [0.05, 0.1) is 5.69 Å². The summed E-state index contributed by atoms with van der Waals surface area (Å²) in [4.78, 5) is 2.48. The third kappa shape index (κ3) is 5.87. The smallest absolute Gasteiger partial charge is 0.0536 e. The summed E-state index contributed by atoms with van der Waals surface area (Å²) in [6.45, 7) is 4.77. The monoisotopic (exact) mass is 719 g/mol. The van der Waals surface area contributed by atoms with Crippen molar-refractivity contribution >= 4 is 33.8 Å². The van der Waals surface area contributed by atoms with E-state index in [2.05, 4.69) is 213 Å². The average molecular weight is 720 g/mol. The van der Waals surface area contributed by atoms with E-state index in [1.807, 2.05) is 0 Å². The second-order valence-corrected chi connectivity index (χ2v) is 15.9. The van der Waals surface area contributed by atoms with Crippen molar-refractivity contribution in [1.82, 2.24) is 0 Å². The van der Waals surface area contributed by atoms with Crippen molar-refractivity contribution in [3.8, 4) is 11.1 Å². The molecule has 3 aliphatic carbocycles. The van der Waals surface area contributed by atoms with Crippen molar-refractivity contribution in [2.45, 2.75) is 44.4 Å². The molecule has 270 valence electrons. The first kappa shape index (κ1) is 34.1. The zero-order valence-electron chi connectivity index (χ0n) is 32.1. The molecular weight excluding hydrogens is 675 g/mol. The SMILES string of the molecule is CC1(C)C2=CC(c3cccc(N(c4ccccc4)c4ccccc4C4=C(c5ccc(-c6ccccc6)cc5)c5ccccc5CC4)c3)CC=C2c2ccccc21. The molecule has 0 saturated carbocycles. The predicted molar refractivity (Wildman–Crippen MR) is 237 cm³/mol. The number of hydrogen-bond donors (Lipinski definition) is 0. The van der Waals surface area contributed by atoms with Crippen LogP contribution in [0.5, 0.6) is 0 Å². The maximum atomic E-state index is 2.56. The van der Waals surface area contributed by atoms with Gasteiger partial charge in [-0.1, -0.05) is 178 Å². The molecule has 1 atom stereocenters. The Bertz CT molecular complexity index is 2670. The highest BCUT2D eigenvalue weighted by atomic mass is 15.1. The number of hydrogen-bond acceptors (Lipinski definition) is 1. The third-order valence-corrected chi connectivity index (χ3v) is 12.4. The van der Waals surface area contributed by atoms with E-state index in [1.165, 1.54) is 83.7 Å². The molecule has 7 aromatic rings. The third-order valence-electron chi connectivity index (χ3n) is 12.4. The molecule has 1 heteroatoms. The van der Waals surface area contributed by atoms with Gasteiger partial charge in [-0.25, -0.2) is 0 Å². The molecule has 0 heterocycles. The van der Waals surface area contributed by atoms with Gasteiger partial charge in [-0.3, -0.25) is 0 Å². The van der Waals surface area contributed by atoms with Crippen molar-refractivity contribution in [3.63, 3.8) is 0 Å². The normalized spacial score (nSPS) is 16.6. The summed E-state index contributed by atoms with van der Waals surface area (Å²) in [6.07, 6.45) is 8.03. The minimum absolute atomic E-state index is 0.0143. The molecule has 0 fully saturated rings. The van der Waals surface area contributed by atoms with Crippen LogP contribution in [0.3, 0.4) is 0 Å². The summed E-state index contributed by atoms with van der Waals surface area (Å²) in [5, 5.41) is 0. The van der Waals surface area contributed by atoms with Gasteiger partial charge in [0.15, 0.2) is 0 Å². The van der Waals surface area contributed by atoms with Crippen LogP contribution in [0.2, 0.25) is 0 Å². The lowest BCUT2D eigenvalue weighted by Crippen LogP contribution is -2.17. The zero-order chi connectivity index (χ0) is 37.6. The lowest BCUT2D eigenvalue weighted by Gasteiger charge is -2.32. The highest BCUT2D eigenvalue weighted by molar-refractivity contribution is 6.04. The summed E-state index contributed by atoms with van der Waals surface area (Å²) in [6, 6.07) is 67.1. The van der Waals surface area contributed by atoms with E-state index in [0.29, 0.717) is 5.92 Å². The van der Waals surface area contributed by atoms with Gasteiger partial charge in [0.25, 0.3) is 0 Å². The summed E-state index contributed by atoms with van der Waals surface area (Å²) in [5.41, 5.74) is 21.0. The van der Waals surface area contributed by atoms with Crippen LogP contribution in [0, 0.1) is 0 Å².